The molecule has 1 atom stereocenters. The van der Waals surface area contributed by atoms with Gasteiger partial charge in [0.2, 0.25) is 0 Å². The average Bonchev–Trinajstić information content (AvgIpc) is 2.32. The van der Waals surface area contributed by atoms with Gasteiger partial charge in [0.25, 0.3) is 0 Å². The van der Waals surface area contributed by atoms with Crippen LogP contribution in [-0.2, 0) is 6.54 Å². The lowest BCUT2D eigenvalue weighted by Gasteiger charge is -2.31. The number of aliphatic hydroxyl groups is 1. The van der Waals surface area contributed by atoms with E-state index in [1.807, 2.05) is 24.3 Å². The Morgan fingerprint density at radius 1 is 1.35 bits per heavy atom. The Kier molecular flexibility index (Phi) is 5.44. The van der Waals surface area contributed by atoms with Crippen molar-refractivity contribution in [3.8, 4) is 0 Å². The number of hydrogen-bond donors (Lipinski definition) is 1. The van der Waals surface area contributed by atoms with Crippen LogP contribution in [0.15, 0.2) is 24.3 Å². The molecular formula is C14H22ClNO. The maximum Gasteiger partial charge on any atom is 0.0496 e. The van der Waals surface area contributed by atoms with Crippen LogP contribution < -0.4 is 0 Å². The fourth-order valence-electron chi connectivity index (χ4n) is 1.90. The van der Waals surface area contributed by atoms with Gasteiger partial charge >= 0.3 is 0 Å². The molecular weight excluding hydrogens is 234 g/mol. The Bertz CT molecular complexity index is 350. The molecule has 3 heteroatoms. The zero-order chi connectivity index (χ0) is 12.9. The molecule has 0 radical (unpaired) electrons. The van der Waals surface area contributed by atoms with Crippen LogP contribution in [0.2, 0.25) is 5.02 Å². The molecule has 0 aromatic heterocycles. The second-order valence-corrected chi connectivity index (χ2v) is 5.49. The van der Waals surface area contributed by atoms with Crippen molar-refractivity contribution in [2.75, 3.05) is 20.2 Å². The van der Waals surface area contributed by atoms with E-state index >= 15 is 0 Å². The van der Waals surface area contributed by atoms with Gasteiger partial charge in [-0.25, -0.2) is 0 Å². The maximum absolute atomic E-state index is 9.40. The molecule has 1 N–H and O–H groups in total. The normalized spacial score (nSPS) is 14.9. The highest BCUT2D eigenvalue weighted by atomic mass is 35.5. The average molecular weight is 256 g/mol. The molecule has 1 rings (SSSR count). The molecule has 0 saturated carbocycles. The lowest BCUT2D eigenvalue weighted by Crippen LogP contribution is -2.35. The van der Waals surface area contributed by atoms with Crippen LogP contribution >= 0.6 is 11.6 Å². The standard InChI is InChI=1S/C14H22ClNO/c1-4-14(2,11-17)10-16(3)9-12-7-5-6-8-13(12)15/h5-8,17H,4,9-11H2,1-3H3. The lowest BCUT2D eigenvalue weighted by atomic mass is 9.88. The van der Waals surface area contributed by atoms with Gasteiger partial charge in [-0.15, -0.1) is 0 Å². The maximum atomic E-state index is 9.40. The first-order valence-electron chi connectivity index (χ1n) is 6.03. The highest BCUT2D eigenvalue weighted by Crippen LogP contribution is 2.23. The summed E-state index contributed by atoms with van der Waals surface area (Å²) in [4.78, 5) is 2.21. The van der Waals surface area contributed by atoms with E-state index in [4.69, 9.17) is 11.6 Å². The first-order chi connectivity index (χ1) is 8.00. The van der Waals surface area contributed by atoms with Gasteiger partial charge in [0.1, 0.15) is 0 Å². The van der Waals surface area contributed by atoms with Crippen molar-refractivity contribution in [2.24, 2.45) is 5.41 Å². The number of benzene rings is 1. The van der Waals surface area contributed by atoms with Gasteiger partial charge in [-0.3, -0.25) is 0 Å². The summed E-state index contributed by atoms with van der Waals surface area (Å²) in [7, 11) is 2.06. The Morgan fingerprint density at radius 3 is 2.53 bits per heavy atom. The van der Waals surface area contributed by atoms with Gasteiger partial charge in [0.15, 0.2) is 0 Å². The molecule has 0 fully saturated rings. The minimum atomic E-state index is -0.0317. The molecule has 0 aliphatic heterocycles. The van der Waals surface area contributed by atoms with Gasteiger partial charge in [-0.2, -0.15) is 0 Å². The van der Waals surface area contributed by atoms with E-state index in [1.54, 1.807) is 0 Å². The van der Waals surface area contributed by atoms with Gasteiger partial charge in [-0.05, 0) is 25.1 Å². The topological polar surface area (TPSA) is 23.5 Å². The van der Waals surface area contributed by atoms with Crippen molar-refractivity contribution >= 4 is 11.6 Å². The summed E-state index contributed by atoms with van der Waals surface area (Å²) in [5.41, 5.74) is 1.10. The Balaban J connectivity index is 2.61. The zero-order valence-corrected chi connectivity index (χ0v) is 11.7. The molecule has 1 unspecified atom stereocenters. The highest BCUT2D eigenvalue weighted by molar-refractivity contribution is 6.31. The van der Waals surface area contributed by atoms with E-state index in [9.17, 15) is 5.11 Å². The molecule has 0 amide bonds. The first kappa shape index (κ1) is 14.5. The molecule has 1 aromatic rings. The number of halogens is 1. The summed E-state index contributed by atoms with van der Waals surface area (Å²) in [6.45, 7) is 6.12. The minimum absolute atomic E-state index is 0.0317. The van der Waals surface area contributed by atoms with Gasteiger partial charge in [0, 0.05) is 30.1 Å². The molecule has 0 aliphatic carbocycles. The summed E-state index contributed by atoms with van der Waals surface area (Å²) in [5.74, 6) is 0. The summed E-state index contributed by atoms with van der Waals surface area (Å²) in [5, 5.41) is 10.2. The SMILES string of the molecule is CCC(C)(CO)CN(C)Cc1ccccc1Cl. The summed E-state index contributed by atoms with van der Waals surface area (Å²) in [6, 6.07) is 7.90. The molecule has 1 aromatic carbocycles. The largest absolute Gasteiger partial charge is 0.396 e. The van der Waals surface area contributed by atoms with E-state index in [0.717, 1.165) is 30.1 Å². The van der Waals surface area contributed by atoms with E-state index in [2.05, 4.69) is 25.8 Å². The molecule has 2 nitrogen and oxygen atoms in total. The zero-order valence-electron chi connectivity index (χ0n) is 10.9. The third kappa shape index (κ3) is 4.30. The monoisotopic (exact) mass is 255 g/mol. The predicted molar refractivity (Wildman–Crippen MR) is 73.3 cm³/mol. The molecule has 0 heterocycles. The first-order valence-corrected chi connectivity index (χ1v) is 6.41. The van der Waals surface area contributed by atoms with Crippen LogP contribution in [0.4, 0.5) is 0 Å². The van der Waals surface area contributed by atoms with Crippen molar-refractivity contribution < 1.29 is 5.11 Å². The second kappa shape index (κ2) is 6.39. The van der Waals surface area contributed by atoms with Gasteiger partial charge in [0.05, 0.1) is 0 Å². The summed E-state index contributed by atoms with van der Waals surface area (Å²) < 4.78 is 0. The van der Waals surface area contributed by atoms with Crippen LogP contribution in [0.5, 0.6) is 0 Å². The Labute approximate surface area is 109 Å². The van der Waals surface area contributed by atoms with Crippen molar-refractivity contribution in [3.63, 3.8) is 0 Å². The fraction of sp³-hybridized carbons (Fsp3) is 0.571. The second-order valence-electron chi connectivity index (χ2n) is 5.09. The third-order valence-electron chi connectivity index (χ3n) is 3.29. The van der Waals surface area contributed by atoms with Crippen molar-refractivity contribution in [3.05, 3.63) is 34.9 Å². The highest BCUT2D eigenvalue weighted by Gasteiger charge is 2.23. The molecule has 0 spiro atoms. The third-order valence-corrected chi connectivity index (χ3v) is 3.65. The molecule has 96 valence electrons. The van der Waals surface area contributed by atoms with Crippen LogP contribution in [-0.4, -0.2) is 30.2 Å². The summed E-state index contributed by atoms with van der Waals surface area (Å²) >= 11 is 6.13. The van der Waals surface area contributed by atoms with Crippen LogP contribution in [0.25, 0.3) is 0 Å². The Hall–Kier alpha value is -0.570. The van der Waals surface area contributed by atoms with Gasteiger partial charge < -0.3 is 10.0 Å². The van der Waals surface area contributed by atoms with E-state index in [1.165, 1.54) is 0 Å². The van der Waals surface area contributed by atoms with Crippen LogP contribution in [0.1, 0.15) is 25.8 Å². The van der Waals surface area contributed by atoms with Gasteiger partial charge in [-0.1, -0.05) is 43.6 Å². The van der Waals surface area contributed by atoms with Crippen LogP contribution in [0, 0.1) is 5.41 Å². The molecule has 17 heavy (non-hydrogen) atoms. The van der Waals surface area contributed by atoms with Crippen molar-refractivity contribution in [1.29, 1.82) is 0 Å². The number of hydrogen-bond acceptors (Lipinski definition) is 2. The Morgan fingerprint density at radius 2 is 2.00 bits per heavy atom. The smallest absolute Gasteiger partial charge is 0.0496 e. The minimum Gasteiger partial charge on any atom is -0.396 e. The van der Waals surface area contributed by atoms with E-state index < -0.39 is 0 Å². The molecule has 0 aliphatic rings. The van der Waals surface area contributed by atoms with Crippen LogP contribution in [0.3, 0.4) is 0 Å². The summed E-state index contributed by atoms with van der Waals surface area (Å²) in [6.07, 6.45) is 0.969. The van der Waals surface area contributed by atoms with Crippen molar-refractivity contribution in [1.82, 2.24) is 4.90 Å². The van der Waals surface area contributed by atoms with E-state index in [-0.39, 0.29) is 12.0 Å². The molecule has 0 bridgehead atoms. The number of nitrogens with zero attached hydrogens (tertiary/aromatic N) is 1. The number of rotatable bonds is 6. The predicted octanol–water partition coefficient (Wildman–Crippen LogP) is 3.18. The van der Waals surface area contributed by atoms with E-state index in [0.29, 0.717) is 0 Å². The fourth-order valence-corrected chi connectivity index (χ4v) is 2.09. The molecule has 0 saturated heterocycles. The van der Waals surface area contributed by atoms with Crippen molar-refractivity contribution in [2.45, 2.75) is 26.8 Å². The quantitative estimate of drug-likeness (QED) is 0.844. The number of aliphatic hydroxyl groups excluding tert-OH is 1. The lowest BCUT2D eigenvalue weighted by molar-refractivity contribution is 0.0930.